The molecule has 0 unspecified atom stereocenters. The molecule has 1 heterocycles. The normalized spacial score (nSPS) is 15.8. The molecule has 1 aromatic heterocycles. The van der Waals surface area contributed by atoms with E-state index in [1.165, 1.54) is 45.4 Å². The highest BCUT2D eigenvalue weighted by molar-refractivity contribution is 7.17. The van der Waals surface area contributed by atoms with Crippen molar-refractivity contribution < 1.29 is 14.3 Å². The van der Waals surface area contributed by atoms with Gasteiger partial charge < -0.3 is 10.1 Å². The fourth-order valence-electron chi connectivity index (χ4n) is 2.52. The predicted molar refractivity (Wildman–Crippen MR) is 77.9 cm³/mol. The second-order valence-electron chi connectivity index (χ2n) is 5.11. The molecule has 0 aromatic carbocycles. The highest BCUT2D eigenvalue weighted by Crippen LogP contribution is 2.27. The average Bonchev–Trinajstić information content (AvgIpc) is 2.94. The van der Waals surface area contributed by atoms with Crippen LogP contribution in [0, 0.1) is 5.92 Å². The predicted octanol–water partition coefficient (Wildman–Crippen LogP) is 3.23. The van der Waals surface area contributed by atoms with Crippen LogP contribution in [0.25, 0.3) is 0 Å². The van der Waals surface area contributed by atoms with Crippen molar-refractivity contribution in [3.8, 4) is 0 Å². The molecular weight excluding hydrogens is 276 g/mol. The molecule has 0 saturated heterocycles. The van der Waals surface area contributed by atoms with Gasteiger partial charge in [-0.05, 0) is 12.3 Å². The summed E-state index contributed by atoms with van der Waals surface area (Å²) in [6, 6.07) is 0. The lowest BCUT2D eigenvalue weighted by molar-refractivity contribution is -0.116. The van der Waals surface area contributed by atoms with Crippen LogP contribution < -0.4 is 5.32 Å². The van der Waals surface area contributed by atoms with Crippen LogP contribution in [0.4, 0.5) is 5.13 Å². The summed E-state index contributed by atoms with van der Waals surface area (Å²) in [5.41, 5.74) is 0. The third kappa shape index (κ3) is 4.30. The maximum Gasteiger partial charge on any atom is 0.349 e. The zero-order valence-electron chi connectivity index (χ0n) is 11.7. The first-order chi connectivity index (χ1) is 9.69. The number of hydrogen-bond acceptors (Lipinski definition) is 5. The Morgan fingerprint density at radius 1 is 1.40 bits per heavy atom. The summed E-state index contributed by atoms with van der Waals surface area (Å²) in [5.74, 6) is 0.239. The van der Waals surface area contributed by atoms with Gasteiger partial charge in [-0.1, -0.05) is 43.4 Å². The van der Waals surface area contributed by atoms with E-state index >= 15 is 0 Å². The highest BCUT2D eigenvalue weighted by atomic mass is 32.1. The van der Waals surface area contributed by atoms with E-state index in [-0.39, 0.29) is 5.91 Å². The van der Waals surface area contributed by atoms with E-state index in [1.54, 1.807) is 0 Å². The molecule has 0 atom stereocenters. The van der Waals surface area contributed by atoms with Crippen LogP contribution >= 0.6 is 11.3 Å². The second-order valence-corrected chi connectivity index (χ2v) is 6.14. The first-order valence-electron chi connectivity index (χ1n) is 7.03. The molecule has 0 bridgehead atoms. The molecule has 1 aliphatic rings. The number of aromatic nitrogens is 1. The zero-order chi connectivity index (χ0) is 14.4. The lowest BCUT2D eigenvalue weighted by Crippen LogP contribution is -2.14. The summed E-state index contributed by atoms with van der Waals surface area (Å²) in [6.07, 6.45) is 9.31. The van der Waals surface area contributed by atoms with Crippen molar-refractivity contribution in [1.29, 1.82) is 0 Å². The number of rotatable bonds is 5. The standard InChI is InChI=1S/C14H20N2O3S/c1-19-13(18)11-9-15-14(20-11)16-12(17)8-7-10-5-3-2-4-6-10/h9-10H,2-8H2,1H3,(H,15,16,17). The Kier molecular flexibility index (Phi) is 5.52. The molecule has 1 aliphatic carbocycles. The van der Waals surface area contributed by atoms with Crippen LogP contribution in [-0.4, -0.2) is 24.0 Å². The Bertz CT molecular complexity index is 467. The number of nitrogens with one attached hydrogen (secondary N) is 1. The van der Waals surface area contributed by atoms with E-state index < -0.39 is 5.97 Å². The molecule has 110 valence electrons. The Balaban J connectivity index is 1.76. The summed E-state index contributed by atoms with van der Waals surface area (Å²) in [4.78, 5) is 27.5. The maximum absolute atomic E-state index is 11.8. The van der Waals surface area contributed by atoms with E-state index in [1.807, 2.05) is 0 Å². The van der Waals surface area contributed by atoms with Crippen molar-refractivity contribution in [2.75, 3.05) is 12.4 Å². The van der Waals surface area contributed by atoms with Gasteiger partial charge >= 0.3 is 5.97 Å². The number of anilines is 1. The van der Waals surface area contributed by atoms with Crippen molar-refractivity contribution in [2.45, 2.75) is 44.9 Å². The molecule has 20 heavy (non-hydrogen) atoms. The minimum absolute atomic E-state index is 0.0265. The van der Waals surface area contributed by atoms with E-state index in [4.69, 9.17) is 0 Å². The summed E-state index contributed by atoms with van der Waals surface area (Å²) >= 11 is 1.14. The molecular formula is C14H20N2O3S. The van der Waals surface area contributed by atoms with Crippen LogP contribution in [0.1, 0.15) is 54.6 Å². The lowest BCUT2D eigenvalue weighted by atomic mass is 9.86. The number of thiazole rings is 1. The molecule has 6 heteroatoms. The summed E-state index contributed by atoms with van der Waals surface area (Å²) in [6.45, 7) is 0. The summed E-state index contributed by atoms with van der Waals surface area (Å²) in [5, 5.41) is 3.20. The number of ether oxygens (including phenoxy) is 1. The SMILES string of the molecule is COC(=O)c1cnc(NC(=O)CCC2CCCCC2)s1. The molecule has 1 aromatic rings. The fourth-order valence-corrected chi connectivity index (χ4v) is 3.27. The zero-order valence-corrected chi connectivity index (χ0v) is 12.5. The van der Waals surface area contributed by atoms with Crippen LogP contribution in [0.3, 0.4) is 0 Å². The van der Waals surface area contributed by atoms with Crippen molar-refractivity contribution >= 4 is 28.3 Å². The highest BCUT2D eigenvalue weighted by Gasteiger charge is 2.16. The molecule has 0 aliphatic heterocycles. The second kappa shape index (κ2) is 7.38. The number of methoxy groups -OCH3 is 1. The third-order valence-corrected chi connectivity index (χ3v) is 4.54. The number of nitrogens with zero attached hydrogens (tertiary/aromatic N) is 1. The van der Waals surface area contributed by atoms with Gasteiger partial charge in [0.25, 0.3) is 0 Å². The Labute approximate surface area is 122 Å². The van der Waals surface area contributed by atoms with Gasteiger partial charge in [-0.2, -0.15) is 0 Å². The Hall–Kier alpha value is -1.43. The number of carbonyl (C=O) groups excluding carboxylic acids is 2. The smallest absolute Gasteiger partial charge is 0.349 e. The largest absolute Gasteiger partial charge is 0.465 e. The van der Waals surface area contributed by atoms with Gasteiger partial charge in [0.05, 0.1) is 13.3 Å². The van der Waals surface area contributed by atoms with Crippen LogP contribution in [0.2, 0.25) is 0 Å². The van der Waals surface area contributed by atoms with Crippen LogP contribution in [-0.2, 0) is 9.53 Å². The molecule has 2 rings (SSSR count). The monoisotopic (exact) mass is 296 g/mol. The first kappa shape index (κ1) is 15.0. The topological polar surface area (TPSA) is 68.3 Å². The van der Waals surface area contributed by atoms with Crippen LogP contribution in [0.5, 0.6) is 0 Å². The van der Waals surface area contributed by atoms with Gasteiger partial charge in [-0.25, -0.2) is 9.78 Å². The molecule has 1 N–H and O–H groups in total. The maximum atomic E-state index is 11.8. The van der Waals surface area contributed by atoms with Gasteiger partial charge in [-0.3, -0.25) is 4.79 Å². The Morgan fingerprint density at radius 3 is 2.85 bits per heavy atom. The van der Waals surface area contributed by atoms with E-state index in [0.29, 0.717) is 22.3 Å². The molecule has 1 saturated carbocycles. The number of carbonyl (C=O) groups is 2. The quantitative estimate of drug-likeness (QED) is 0.847. The van der Waals surface area contributed by atoms with E-state index in [9.17, 15) is 9.59 Å². The first-order valence-corrected chi connectivity index (χ1v) is 7.84. The minimum Gasteiger partial charge on any atom is -0.465 e. The van der Waals surface area contributed by atoms with E-state index in [0.717, 1.165) is 17.8 Å². The van der Waals surface area contributed by atoms with Gasteiger partial charge in [0.2, 0.25) is 5.91 Å². The molecule has 0 radical (unpaired) electrons. The van der Waals surface area contributed by atoms with Crippen LogP contribution in [0.15, 0.2) is 6.20 Å². The molecule has 0 spiro atoms. The van der Waals surface area contributed by atoms with Gasteiger partial charge in [0.15, 0.2) is 5.13 Å². The third-order valence-electron chi connectivity index (χ3n) is 3.64. The molecule has 5 nitrogen and oxygen atoms in total. The number of amides is 1. The van der Waals surface area contributed by atoms with Crippen molar-refractivity contribution in [3.05, 3.63) is 11.1 Å². The molecule has 1 fully saturated rings. The minimum atomic E-state index is -0.426. The van der Waals surface area contributed by atoms with Crippen molar-refractivity contribution in [2.24, 2.45) is 5.92 Å². The Morgan fingerprint density at radius 2 is 2.15 bits per heavy atom. The van der Waals surface area contributed by atoms with Gasteiger partial charge in [-0.15, -0.1) is 0 Å². The van der Waals surface area contributed by atoms with E-state index in [2.05, 4.69) is 15.0 Å². The fraction of sp³-hybridized carbons (Fsp3) is 0.643. The van der Waals surface area contributed by atoms with Crippen molar-refractivity contribution in [3.63, 3.8) is 0 Å². The molecule has 1 amide bonds. The van der Waals surface area contributed by atoms with Gasteiger partial charge in [0, 0.05) is 6.42 Å². The summed E-state index contributed by atoms with van der Waals surface area (Å²) in [7, 11) is 1.32. The lowest BCUT2D eigenvalue weighted by Gasteiger charge is -2.20. The summed E-state index contributed by atoms with van der Waals surface area (Å²) < 4.78 is 4.60. The van der Waals surface area contributed by atoms with Gasteiger partial charge in [0.1, 0.15) is 4.88 Å². The number of esters is 1. The van der Waals surface area contributed by atoms with Crippen molar-refractivity contribution in [1.82, 2.24) is 4.98 Å². The number of hydrogen-bond donors (Lipinski definition) is 1. The average molecular weight is 296 g/mol.